The summed E-state index contributed by atoms with van der Waals surface area (Å²) >= 11 is 0. The smallest absolute Gasteiger partial charge is 0.345 e. The fraction of sp³-hybridized carbons (Fsp3) is 0.333. The van der Waals surface area contributed by atoms with Crippen molar-refractivity contribution >= 4 is 17.0 Å². The van der Waals surface area contributed by atoms with E-state index in [-0.39, 0.29) is 18.6 Å². The van der Waals surface area contributed by atoms with Crippen LogP contribution in [0.3, 0.4) is 0 Å². The zero-order valence-electron chi connectivity index (χ0n) is 20.7. The van der Waals surface area contributed by atoms with Gasteiger partial charge in [-0.15, -0.1) is 0 Å². The molecule has 0 bridgehead atoms. The normalized spacial score (nSPS) is 12.0. The van der Waals surface area contributed by atoms with Gasteiger partial charge in [-0.2, -0.15) is 5.10 Å². The van der Waals surface area contributed by atoms with Crippen molar-refractivity contribution in [2.24, 2.45) is 7.05 Å². The number of carbonyl (C=O) groups is 1. The molecule has 188 valence electrons. The van der Waals surface area contributed by atoms with Crippen LogP contribution in [0.15, 0.2) is 59.4 Å². The van der Waals surface area contributed by atoms with E-state index < -0.39 is 12.1 Å². The number of rotatable bonds is 11. The lowest BCUT2D eigenvalue weighted by molar-refractivity contribution is -0.145. The van der Waals surface area contributed by atoms with Gasteiger partial charge in [-0.25, -0.2) is 9.78 Å². The van der Waals surface area contributed by atoms with Gasteiger partial charge in [0.2, 0.25) is 0 Å². The van der Waals surface area contributed by atoms with Gasteiger partial charge in [0, 0.05) is 13.5 Å². The van der Waals surface area contributed by atoms with Crippen LogP contribution in [0.1, 0.15) is 30.4 Å². The summed E-state index contributed by atoms with van der Waals surface area (Å²) in [6.45, 7) is 4.51. The summed E-state index contributed by atoms with van der Waals surface area (Å²) in [7, 11) is 1.77. The first kappa shape index (κ1) is 25.0. The lowest BCUT2D eigenvalue weighted by Gasteiger charge is -2.15. The maximum Gasteiger partial charge on any atom is 0.345 e. The number of para-hydroxylation sites is 1. The van der Waals surface area contributed by atoms with Crippen molar-refractivity contribution in [2.75, 3.05) is 6.61 Å². The minimum absolute atomic E-state index is 0.132. The topological polar surface area (TPSA) is 108 Å². The van der Waals surface area contributed by atoms with Crippen molar-refractivity contribution in [2.45, 2.75) is 45.8 Å². The molecule has 4 aromatic rings. The summed E-state index contributed by atoms with van der Waals surface area (Å²) in [5.41, 5.74) is 2.70. The number of nitrogens with zero attached hydrogens (tertiary/aromatic N) is 4. The third-order valence-corrected chi connectivity index (χ3v) is 5.92. The molecule has 0 fully saturated rings. The van der Waals surface area contributed by atoms with Crippen molar-refractivity contribution in [1.29, 1.82) is 0 Å². The van der Waals surface area contributed by atoms with Gasteiger partial charge in [0.1, 0.15) is 29.4 Å². The highest BCUT2D eigenvalue weighted by molar-refractivity contribution is 5.76. The van der Waals surface area contributed by atoms with E-state index in [1.807, 2.05) is 25.1 Å². The van der Waals surface area contributed by atoms with Crippen LogP contribution < -0.4 is 15.0 Å². The monoisotopic (exact) mass is 490 g/mol. The maximum absolute atomic E-state index is 13.1. The molecule has 1 atom stereocenters. The fourth-order valence-electron chi connectivity index (χ4n) is 4.12. The number of hydrogen-bond acceptors (Lipinski definition) is 6. The number of aromatic nitrogens is 4. The van der Waals surface area contributed by atoms with Gasteiger partial charge in [0.15, 0.2) is 11.6 Å². The first-order valence-electron chi connectivity index (χ1n) is 12.0. The molecule has 0 amide bonds. The first-order chi connectivity index (χ1) is 17.4. The molecule has 0 aliphatic heterocycles. The molecule has 0 spiro atoms. The van der Waals surface area contributed by atoms with Crippen LogP contribution in [0.5, 0.6) is 11.5 Å². The van der Waals surface area contributed by atoms with Gasteiger partial charge < -0.3 is 14.6 Å². The van der Waals surface area contributed by atoms with Crippen molar-refractivity contribution < 1.29 is 19.4 Å². The lowest BCUT2D eigenvalue weighted by Crippen LogP contribution is -2.29. The Morgan fingerprint density at radius 1 is 1.08 bits per heavy atom. The quantitative estimate of drug-likeness (QED) is 0.343. The predicted octanol–water partition coefficient (Wildman–Crippen LogP) is 3.54. The van der Waals surface area contributed by atoms with Crippen LogP contribution in [0.2, 0.25) is 0 Å². The van der Waals surface area contributed by atoms with E-state index in [2.05, 4.69) is 17.0 Å². The minimum Gasteiger partial charge on any atom is -0.492 e. The van der Waals surface area contributed by atoms with Crippen LogP contribution in [0.4, 0.5) is 0 Å². The average Bonchev–Trinajstić information content (AvgIpc) is 3.17. The summed E-state index contributed by atoms with van der Waals surface area (Å²) in [6.07, 6.45) is 0.925. The Kier molecular flexibility index (Phi) is 7.68. The van der Waals surface area contributed by atoms with E-state index in [0.717, 1.165) is 24.1 Å². The van der Waals surface area contributed by atoms with Crippen LogP contribution in [0, 0.1) is 6.92 Å². The molecule has 2 heterocycles. The zero-order chi connectivity index (χ0) is 25.7. The van der Waals surface area contributed by atoms with E-state index in [1.54, 1.807) is 52.7 Å². The molecule has 1 unspecified atom stereocenters. The second kappa shape index (κ2) is 11.1. The highest BCUT2D eigenvalue weighted by Gasteiger charge is 2.20. The van der Waals surface area contributed by atoms with Gasteiger partial charge in [-0.3, -0.25) is 14.0 Å². The minimum atomic E-state index is -1.03. The molecule has 0 aliphatic carbocycles. The number of carboxylic acids is 1. The molecule has 0 saturated carbocycles. The van der Waals surface area contributed by atoms with Crippen LogP contribution in [0.25, 0.3) is 11.0 Å². The molecule has 2 aromatic carbocycles. The summed E-state index contributed by atoms with van der Waals surface area (Å²) in [5.74, 6) is 0.728. The number of fused-ring (bicyclic) bond motifs is 1. The SMILES string of the molecule is CCCc1nn(C)c2c(=O)n(CCOc3ccc(CC(Oc4ccccc4)C(=O)O)cc3)c(C)nc12. The van der Waals surface area contributed by atoms with Gasteiger partial charge in [0.25, 0.3) is 5.56 Å². The second-order valence-corrected chi connectivity index (χ2v) is 8.59. The molecular formula is C27H30N4O5. The largest absolute Gasteiger partial charge is 0.492 e. The summed E-state index contributed by atoms with van der Waals surface area (Å²) in [5, 5.41) is 14.0. The summed E-state index contributed by atoms with van der Waals surface area (Å²) < 4.78 is 14.7. The lowest BCUT2D eigenvalue weighted by atomic mass is 10.1. The number of aryl methyl sites for hydroxylation is 3. The van der Waals surface area contributed by atoms with Crippen LogP contribution in [-0.2, 0) is 31.2 Å². The molecule has 0 saturated heterocycles. The Morgan fingerprint density at radius 2 is 1.81 bits per heavy atom. The Bertz CT molecular complexity index is 1390. The Morgan fingerprint density at radius 3 is 2.47 bits per heavy atom. The molecular weight excluding hydrogens is 460 g/mol. The number of benzene rings is 2. The van der Waals surface area contributed by atoms with Crippen molar-refractivity contribution in [3.05, 3.63) is 82.0 Å². The maximum atomic E-state index is 13.1. The third-order valence-electron chi connectivity index (χ3n) is 5.92. The third kappa shape index (κ3) is 5.56. The predicted molar refractivity (Wildman–Crippen MR) is 136 cm³/mol. The number of hydrogen-bond donors (Lipinski definition) is 1. The van der Waals surface area contributed by atoms with Gasteiger partial charge >= 0.3 is 5.97 Å². The average molecular weight is 491 g/mol. The van der Waals surface area contributed by atoms with E-state index in [9.17, 15) is 14.7 Å². The standard InChI is InChI=1S/C27H30N4O5/c1-4-8-22-24-25(30(3)29-22)26(32)31(18(2)28-24)15-16-35-20-13-11-19(12-14-20)17-23(27(33)34)36-21-9-6-5-7-10-21/h5-7,9-14,23H,4,8,15-17H2,1-3H3,(H,33,34). The number of aliphatic carboxylic acids is 1. The molecule has 1 N–H and O–H groups in total. The Balaban J connectivity index is 1.39. The second-order valence-electron chi connectivity index (χ2n) is 8.59. The van der Waals surface area contributed by atoms with Crippen molar-refractivity contribution in [3.63, 3.8) is 0 Å². The van der Waals surface area contributed by atoms with Crippen molar-refractivity contribution in [3.8, 4) is 11.5 Å². The fourth-order valence-corrected chi connectivity index (χ4v) is 4.12. The Labute approximate surface area is 208 Å². The van der Waals surface area contributed by atoms with Crippen molar-refractivity contribution in [1.82, 2.24) is 19.3 Å². The van der Waals surface area contributed by atoms with E-state index in [4.69, 9.17) is 9.47 Å². The molecule has 2 aromatic heterocycles. The van der Waals surface area contributed by atoms with Crippen LogP contribution >= 0.6 is 0 Å². The number of ether oxygens (including phenoxy) is 2. The highest BCUT2D eigenvalue weighted by atomic mass is 16.5. The van der Waals surface area contributed by atoms with E-state index >= 15 is 0 Å². The summed E-state index contributed by atoms with van der Waals surface area (Å²) in [6, 6.07) is 16.1. The van der Waals surface area contributed by atoms with E-state index in [1.165, 1.54) is 0 Å². The van der Waals surface area contributed by atoms with Gasteiger partial charge in [-0.1, -0.05) is 43.7 Å². The van der Waals surface area contributed by atoms with Crippen LogP contribution in [-0.4, -0.2) is 43.1 Å². The van der Waals surface area contributed by atoms with Gasteiger partial charge in [0.05, 0.1) is 12.2 Å². The van der Waals surface area contributed by atoms with E-state index in [0.29, 0.717) is 34.9 Å². The molecule has 0 aliphatic rings. The summed E-state index contributed by atoms with van der Waals surface area (Å²) in [4.78, 5) is 29.4. The molecule has 36 heavy (non-hydrogen) atoms. The molecule has 4 rings (SSSR count). The molecule has 9 heteroatoms. The molecule has 0 radical (unpaired) electrons. The molecule has 9 nitrogen and oxygen atoms in total. The number of carboxylic acid groups (broad SMARTS) is 1. The highest BCUT2D eigenvalue weighted by Crippen LogP contribution is 2.18. The van der Waals surface area contributed by atoms with Gasteiger partial charge in [-0.05, 0) is 43.2 Å². The Hall–Kier alpha value is -4.14. The first-order valence-corrected chi connectivity index (χ1v) is 12.0. The zero-order valence-corrected chi connectivity index (χ0v) is 20.7.